The van der Waals surface area contributed by atoms with E-state index >= 15 is 0 Å². The Kier molecular flexibility index (Phi) is 3.10. The second-order valence-corrected chi connectivity index (χ2v) is 4.51. The van der Waals surface area contributed by atoms with E-state index in [0.717, 1.165) is 16.3 Å². The lowest BCUT2D eigenvalue weighted by Crippen LogP contribution is -1.92. The molecular weight excluding hydrogens is 220 g/mol. The molecule has 0 radical (unpaired) electrons. The van der Waals surface area contributed by atoms with Crippen LogP contribution in [0.2, 0.25) is 0 Å². The molecule has 3 nitrogen and oxygen atoms in total. The highest BCUT2D eigenvalue weighted by atomic mass is 32.2. The lowest BCUT2D eigenvalue weighted by atomic mass is 10.3. The maximum Gasteiger partial charge on any atom is 0.193 e. The van der Waals surface area contributed by atoms with Gasteiger partial charge in [-0.2, -0.15) is 0 Å². The van der Waals surface area contributed by atoms with Crippen LogP contribution >= 0.6 is 11.8 Å². The molecule has 0 aliphatic carbocycles. The molecule has 82 valence electrons. The molecule has 0 unspecified atom stereocenters. The van der Waals surface area contributed by atoms with Crippen molar-refractivity contribution in [2.45, 2.75) is 23.9 Å². The van der Waals surface area contributed by atoms with Gasteiger partial charge in [0.05, 0.1) is 4.90 Å². The Bertz CT molecular complexity index is 494. The van der Waals surface area contributed by atoms with Crippen LogP contribution in [-0.2, 0) is 0 Å². The fourth-order valence-electron chi connectivity index (χ4n) is 1.38. The Balaban J connectivity index is 2.30. The zero-order valence-corrected chi connectivity index (χ0v) is 9.95. The minimum Gasteiger partial charge on any atom is -0.507 e. The molecule has 0 saturated carbocycles. The van der Waals surface area contributed by atoms with Crippen LogP contribution in [0.5, 0.6) is 5.75 Å². The number of para-hydroxylation sites is 1. The number of hydrogen-bond acceptors (Lipinski definition) is 4. The molecule has 2 rings (SSSR count). The van der Waals surface area contributed by atoms with Gasteiger partial charge in [-0.05, 0) is 43.8 Å². The maximum absolute atomic E-state index is 9.63. The van der Waals surface area contributed by atoms with Crippen molar-refractivity contribution < 1.29 is 5.11 Å². The van der Waals surface area contributed by atoms with Crippen molar-refractivity contribution in [2.75, 3.05) is 0 Å². The number of aryl methyl sites for hydroxylation is 2. The van der Waals surface area contributed by atoms with Crippen molar-refractivity contribution in [2.24, 2.45) is 0 Å². The van der Waals surface area contributed by atoms with Crippen molar-refractivity contribution in [1.82, 2.24) is 9.97 Å². The average Bonchev–Trinajstić information content (AvgIpc) is 2.20. The molecule has 0 fully saturated rings. The van der Waals surface area contributed by atoms with Crippen LogP contribution in [0.15, 0.2) is 40.4 Å². The van der Waals surface area contributed by atoms with E-state index in [1.165, 1.54) is 11.8 Å². The lowest BCUT2D eigenvalue weighted by molar-refractivity contribution is 0.462. The highest BCUT2D eigenvalue weighted by Gasteiger charge is 2.05. The number of phenolic OH excluding ortho intramolecular Hbond substituents is 1. The zero-order chi connectivity index (χ0) is 11.5. The number of benzene rings is 1. The summed E-state index contributed by atoms with van der Waals surface area (Å²) >= 11 is 1.37. The average molecular weight is 232 g/mol. The van der Waals surface area contributed by atoms with Gasteiger partial charge in [0.1, 0.15) is 5.75 Å². The van der Waals surface area contributed by atoms with Gasteiger partial charge >= 0.3 is 0 Å². The largest absolute Gasteiger partial charge is 0.507 e. The smallest absolute Gasteiger partial charge is 0.193 e. The first-order valence-corrected chi connectivity index (χ1v) is 5.75. The first-order chi connectivity index (χ1) is 7.65. The summed E-state index contributed by atoms with van der Waals surface area (Å²) in [5.41, 5.74) is 1.87. The molecule has 0 amide bonds. The van der Waals surface area contributed by atoms with Crippen LogP contribution in [0.1, 0.15) is 11.4 Å². The number of nitrogens with zero attached hydrogens (tertiary/aromatic N) is 2. The fourth-order valence-corrected chi connectivity index (χ4v) is 2.28. The standard InChI is InChI=1S/C12H12N2OS/c1-8-7-9(2)14-12(13-8)16-11-6-4-3-5-10(11)15/h3-7,15H,1-2H3. The van der Waals surface area contributed by atoms with Gasteiger partial charge in [0.25, 0.3) is 0 Å². The van der Waals surface area contributed by atoms with Crippen LogP contribution in [0, 0.1) is 13.8 Å². The summed E-state index contributed by atoms with van der Waals surface area (Å²) in [5, 5.41) is 10.3. The second-order valence-electron chi connectivity index (χ2n) is 3.50. The zero-order valence-electron chi connectivity index (χ0n) is 9.14. The van der Waals surface area contributed by atoms with Gasteiger partial charge in [-0.25, -0.2) is 9.97 Å². The molecule has 1 N–H and O–H groups in total. The van der Waals surface area contributed by atoms with Gasteiger partial charge in [0.2, 0.25) is 0 Å². The number of aromatic nitrogens is 2. The number of rotatable bonds is 2. The molecule has 1 aromatic carbocycles. The van der Waals surface area contributed by atoms with Crippen LogP contribution < -0.4 is 0 Å². The molecule has 16 heavy (non-hydrogen) atoms. The summed E-state index contributed by atoms with van der Waals surface area (Å²) in [4.78, 5) is 9.39. The van der Waals surface area contributed by atoms with Gasteiger partial charge in [0, 0.05) is 11.4 Å². The SMILES string of the molecule is Cc1cc(C)nc(Sc2ccccc2O)n1. The Labute approximate surface area is 98.6 Å². The molecule has 0 spiro atoms. The summed E-state index contributed by atoms with van der Waals surface area (Å²) in [6.45, 7) is 3.87. The van der Waals surface area contributed by atoms with Crippen LogP contribution in [-0.4, -0.2) is 15.1 Å². The quantitative estimate of drug-likeness (QED) is 0.809. The monoisotopic (exact) mass is 232 g/mol. The normalized spacial score (nSPS) is 10.4. The third-order valence-corrected chi connectivity index (χ3v) is 2.96. The molecule has 0 bridgehead atoms. The minimum atomic E-state index is 0.259. The lowest BCUT2D eigenvalue weighted by Gasteiger charge is -2.04. The molecule has 4 heteroatoms. The Hall–Kier alpha value is -1.55. The van der Waals surface area contributed by atoms with Gasteiger partial charge in [0.15, 0.2) is 5.16 Å². The van der Waals surface area contributed by atoms with E-state index in [-0.39, 0.29) is 5.75 Å². The van der Waals surface area contributed by atoms with Crippen molar-refractivity contribution in [3.05, 3.63) is 41.7 Å². The van der Waals surface area contributed by atoms with E-state index in [0.29, 0.717) is 5.16 Å². The van der Waals surface area contributed by atoms with Crippen molar-refractivity contribution in [1.29, 1.82) is 0 Å². The first-order valence-electron chi connectivity index (χ1n) is 4.93. The third kappa shape index (κ3) is 2.52. The number of hydrogen-bond donors (Lipinski definition) is 1. The second kappa shape index (κ2) is 4.53. The number of aromatic hydroxyl groups is 1. The number of phenols is 1. The van der Waals surface area contributed by atoms with Gasteiger partial charge in [-0.1, -0.05) is 12.1 Å². The van der Waals surface area contributed by atoms with Gasteiger partial charge < -0.3 is 5.11 Å². The van der Waals surface area contributed by atoms with E-state index in [1.54, 1.807) is 12.1 Å². The van der Waals surface area contributed by atoms with Crippen molar-refractivity contribution >= 4 is 11.8 Å². The van der Waals surface area contributed by atoms with Crippen LogP contribution in [0.3, 0.4) is 0 Å². The summed E-state index contributed by atoms with van der Waals surface area (Å²) in [5.74, 6) is 0.259. The molecule has 0 saturated heterocycles. The maximum atomic E-state index is 9.63. The van der Waals surface area contributed by atoms with Crippen LogP contribution in [0.25, 0.3) is 0 Å². The van der Waals surface area contributed by atoms with Crippen molar-refractivity contribution in [3.63, 3.8) is 0 Å². The topological polar surface area (TPSA) is 46.0 Å². The van der Waals surface area contributed by atoms with Crippen LogP contribution in [0.4, 0.5) is 0 Å². The van der Waals surface area contributed by atoms with E-state index < -0.39 is 0 Å². The van der Waals surface area contributed by atoms with Gasteiger partial charge in [-0.15, -0.1) is 0 Å². The Morgan fingerprint density at radius 3 is 2.31 bits per heavy atom. The molecule has 0 atom stereocenters. The molecular formula is C12H12N2OS. The van der Waals surface area contributed by atoms with E-state index in [9.17, 15) is 5.11 Å². The predicted molar refractivity (Wildman–Crippen MR) is 63.7 cm³/mol. The first kappa shape index (κ1) is 11.0. The summed E-state index contributed by atoms with van der Waals surface area (Å²) in [6, 6.07) is 9.10. The fraction of sp³-hybridized carbons (Fsp3) is 0.167. The molecule has 0 aliphatic rings. The molecule has 0 aliphatic heterocycles. The van der Waals surface area contributed by atoms with E-state index in [4.69, 9.17) is 0 Å². The highest BCUT2D eigenvalue weighted by Crippen LogP contribution is 2.31. The van der Waals surface area contributed by atoms with Gasteiger partial charge in [-0.3, -0.25) is 0 Å². The Morgan fingerprint density at radius 2 is 1.69 bits per heavy atom. The summed E-state index contributed by atoms with van der Waals surface area (Å²) in [6.07, 6.45) is 0. The summed E-state index contributed by atoms with van der Waals surface area (Å²) in [7, 11) is 0. The summed E-state index contributed by atoms with van der Waals surface area (Å²) < 4.78 is 0. The molecule has 1 heterocycles. The van der Waals surface area contributed by atoms with E-state index in [2.05, 4.69) is 9.97 Å². The third-order valence-electron chi connectivity index (χ3n) is 2.03. The molecule has 2 aromatic rings. The molecule has 1 aromatic heterocycles. The van der Waals surface area contributed by atoms with E-state index in [1.807, 2.05) is 32.0 Å². The highest BCUT2D eigenvalue weighted by molar-refractivity contribution is 7.99. The predicted octanol–water partition coefficient (Wildman–Crippen LogP) is 2.95. The minimum absolute atomic E-state index is 0.259. The van der Waals surface area contributed by atoms with Crippen molar-refractivity contribution in [3.8, 4) is 5.75 Å². The Morgan fingerprint density at radius 1 is 1.06 bits per heavy atom.